The molecule has 3 rings (SSSR count). The van der Waals surface area contributed by atoms with E-state index in [-0.39, 0.29) is 11.5 Å². The molecule has 0 spiro atoms. The van der Waals surface area contributed by atoms with Crippen molar-refractivity contribution in [2.75, 3.05) is 13.6 Å². The Labute approximate surface area is 143 Å². The van der Waals surface area contributed by atoms with Crippen molar-refractivity contribution in [3.63, 3.8) is 0 Å². The van der Waals surface area contributed by atoms with Gasteiger partial charge in [-0.3, -0.25) is 10.00 Å². The maximum Gasteiger partial charge on any atom is 0.220 e. The standard InChI is InChI=1S/C18H27N5O/c1-11-15-8-14(24-17(15)20-12(2)19-11)10-23(6)9-13-7-16(22-21-13)18(3,4)5/h7,14H,8-10H2,1-6H3,(H,21,22)/t14-/m1/s1. The monoisotopic (exact) mass is 329 g/mol. The van der Waals surface area contributed by atoms with E-state index in [1.165, 1.54) is 0 Å². The third kappa shape index (κ3) is 3.59. The van der Waals surface area contributed by atoms with Crippen LogP contribution in [0.2, 0.25) is 0 Å². The van der Waals surface area contributed by atoms with Crippen molar-refractivity contribution in [1.29, 1.82) is 0 Å². The number of aromatic nitrogens is 4. The topological polar surface area (TPSA) is 66.9 Å². The van der Waals surface area contributed by atoms with Crippen LogP contribution in [-0.2, 0) is 18.4 Å². The van der Waals surface area contributed by atoms with Gasteiger partial charge in [0.05, 0.1) is 5.69 Å². The number of hydrogen-bond donors (Lipinski definition) is 1. The average Bonchev–Trinajstić information content (AvgIpc) is 3.04. The van der Waals surface area contributed by atoms with E-state index in [0.717, 1.165) is 53.9 Å². The van der Waals surface area contributed by atoms with Crippen LogP contribution in [0.4, 0.5) is 0 Å². The number of ether oxygens (including phenoxy) is 1. The average molecular weight is 329 g/mol. The van der Waals surface area contributed by atoms with Gasteiger partial charge in [-0.2, -0.15) is 10.1 Å². The Morgan fingerprint density at radius 2 is 2.04 bits per heavy atom. The van der Waals surface area contributed by atoms with Gasteiger partial charge in [-0.05, 0) is 27.0 Å². The van der Waals surface area contributed by atoms with Crippen molar-refractivity contribution >= 4 is 0 Å². The number of fused-ring (bicyclic) bond motifs is 1. The van der Waals surface area contributed by atoms with Crippen LogP contribution in [0, 0.1) is 13.8 Å². The summed E-state index contributed by atoms with van der Waals surface area (Å²) in [5.41, 5.74) is 4.47. The Hall–Kier alpha value is -1.95. The highest BCUT2D eigenvalue weighted by Crippen LogP contribution is 2.29. The van der Waals surface area contributed by atoms with Gasteiger partial charge in [0.15, 0.2) is 0 Å². The summed E-state index contributed by atoms with van der Waals surface area (Å²) in [7, 11) is 2.10. The molecule has 1 atom stereocenters. The molecule has 0 saturated heterocycles. The number of rotatable bonds is 4. The summed E-state index contributed by atoms with van der Waals surface area (Å²) in [5, 5.41) is 7.57. The Bertz CT molecular complexity index is 731. The zero-order valence-corrected chi connectivity index (χ0v) is 15.5. The van der Waals surface area contributed by atoms with E-state index in [0.29, 0.717) is 0 Å². The first kappa shape index (κ1) is 16.9. The second-order valence-corrected chi connectivity index (χ2v) is 7.81. The smallest absolute Gasteiger partial charge is 0.220 e. The first-order valence-corrected chi connectivity index (χ1v) is 8.46. The lowest BCUT2D eigenvalue weighted by Gasteiger charge is -2.19. The van der Waals surface area contributed by atoms with E-state index in [1.54, 1.807) is 0 Å². The second-order valence-electron chi connectivity index (χ2n) is 7.81. The molecule has 0 fully saturated rings. The Morgan fingerprint density at radius 1 is 1.29 bits per heavy atom. The minimum Gasteiger partial charge on any atom is -0.472 e. The van der Waals surface area contributed by atoms with Gasteiger partial charge in [0.1, 0.15) is 11.9 Å². The van der Waals surface area contributed by atoms with E-state index >= 15 is 0 Å². The van der Waals surface area contributed by atoms with Gasteiger partial charge in [-0.1, -0.05) is 20.8 Å². The van der Waals surface area contributed by atoms with Gasteiger partial charge in [0, 0.05) is 41.9 Å². The van der Waals surface area contributed by atoms with Crippen molar-refractivity contribution in [3.8, 4) is 5.88 Å². The van der Waals surface area contributed by atoms with Crippen LogP contribution < -0.4 is 4.74 Å². The van der Waals surface area contributed by atoms with Crippen LogP contribution in [0.1, 0.15) is 49.2 Å². The molecule has 6 heteroatoms. The molecular weight excluding hydrogens is 302 g/mol. The molecule has 0 unspecified atom stereocenters. The molecule has 2 aromatic heterocycles. The van der Waals surface area contributed by atoms with Crippen LogP contribution in [-0.4, -0.2) is 44.8 Å². The number of hydrogen-bond acceptors (Lipinski definition) is 5. The normalized spacial score (nSPS) is 17.2. The molecule has 0 bridgehead atoms. The minimum absolute atomic E-state index is 0.0670. The molecule has 24 heavy (non-hydrogen) atoms. The fraction of sp³-hybridized carbons (Fsp3) is 0.611. The predicted molar refractivity (Wildman–Crippen MR) is 93.2 cm³/mol. The van der Waals surface area contributed by atoms with Crippen LogP contribution in [0.3, 0.4) is 0 Å². The van der Waals surface area contributed by atoms with Gasteiger partial charge in [-0.15, -0.1) is 0 Å². The van der Waals surface area contributed by atoms with Gasteiger partial charge in [0.25, 0.3) is 0 Å². The Morgan fingerprint density at radius 3 is 2.71 bits per heavy atom. The maximum atomic E-state index is 6.02. The molecule has 130 valence electrons. The SMILES string of the molecule is Cc1nc(C)c2c(n1)O[C@@H](CN(C)Cc1cc(C(C)(C)C)n[nH]1)C2. The molecule has 1 N–H and O–H groups in total. The predicted octanol–water partition coefficient (Wildman–Crippen LogP) is 2.55. The molecule has 0 saturated carbocycles. The minimum atomic E-state index is 0.0670. The summed E-state index contributed by atoms with van der Waals surface area (Å²) < 4.78 is 6.02. The first-order valence-electron chi connectivity index (χ1n) is 8.46. The number of nitrogens with one attached hydrogen (secondary N) is 1. The van der Waals surface area contributed by atoms with Crippen molar-refractivity contribution in [2.45, 2.75) is 59.1 Å². The van der Waals surface area contributed by atoms with E-state index in [2.05, 4.69) is 59.0 Å². The van der Waals surface area contributed by atoms with Crippen LogP contribution in [0.25, 0.3) is 0 Å². The summed E-state index contributed by atoms with van der Waals surface area (Å²) in [5.74, 6) is 1.53. The zero-order valence-electron chi connectivity index (χ0n) is 15.5. The van der Waals surface area contributed by atoms with Gasteiger partial charge in [-0.25, -0.2) is 4.98 Å². The summed E-state index contributed by atoms with van der Waals surface area (Å²) in [6, 6.07) is 2.15. The van der Waals surface area contributed by atoms with Crippen LogP contribution >= 0.6 is 0 Å². The lowest BCUT2D eigenvalue weighted by atomic mass is 9.92. The largest absolute Gasteiger partial charge is 0.472 e. The Balaban J connectivity index is 1.59. The third-order valence-corrected chi connectivity index (χ3v) is 4.35. The first-order chi connectivity index (χ1) is 11.2. The van der Waals surface area contributed by atoms with Crippen molar-refractivity contribution in [2.24, 2.45) is 0 Å². The van der Waals surface area contributed by atoms with Gasteiger partial charge >= 0.3 is 0 Å². The van der Waals surface area contributed by atoms with Gasteiger partial charge < -0.3 is 4.74 Å². The van der Waals surface area contributed by atoms with Crippen LogP contribution in [0.15, 0.2) is 6.07 Å². The van der Waals surface area contributed by atoms with Crippen molar-refractivity contribution in [1.82, 2.24) is 25.1 Å². The highest BCUT2D eigenvalue weighted by Gasteiger charge is 2.28. The molecule has 0 radical (unpaired) electrons. The third-order valence-electron chi connectivity index (χ3n) is 4.35. The molecule has 1 aliphatic heterocycles. The highest BCUT2D eigenvalue weighted by atomic mass is 16.5. The molecular formula is C18H27N5O. The fourth-order valence-electron chi connectivity index (χ4n) is 3.10. The molecule has 2 aromatic rings. The summed E-state index contributed by atoms with van der Waals surface area (Å²) in [6.07, 6.45) is 1.01. The maximum absolute atomic E-state index is 6.02. The van der Waals surface area contributed by atoms with E-state index in [9.17, 15) is 0 Å². The lowest BCUT2D eigenvalue weighted by Crippen LogP contribution is -2.31. The number of aromatic amines is 1. The summed E-state index contributed by atoms with van der Waals surface area (Å²) in [4.78, 5) is 11.1. The Kier molecular flexibility index (Phi) is 4.34. The lowest BCUT2D eigenvalue weighted by molar-refractivity contribution is 0.160. The number of H-pyrrole nitrogens is 1. The second kappa shape index (κ2) is 6.16. The quantitative estimate of drug-likeness (QED) is 0.934. The number of likely N-dealkylation sites (N-methyl/N-ethyl adjacent to an activating group) is 1. The molecule has 1 aliphatic rings. The van der Waals surface area contributed by atoms with Gasteiger partial charge in [0.2, 0.25) is 5.88 Å². The summed E-state index contributed by atoms with van der Waals surface area (Å²) >= 11 is 0. The molecule has 0 amide bonds. The fourth-order valence-corrected chi connectivity index (χ4v) is 3.10. The van der Waals surface area contributed by atoms with Crippen molar-refractivity contribution in [3.05, 3.63) is 34.5 Å². The van der Waals surface area contributed by atoms with E-state index in [1.807, 2.05) is 13.8 Å². The van der Waals surface area contributed by atoms with E-state index in [4.69, 9.17) is 4.74 Å². The molecule has 6 nitrogen and oxygen atoms in total. The molecule has 0 aliphatic carbocycles. The summed E-state index contributed by atoms with van der Waals surface area (Å²) in [6.45, 7) is 12.1. The van der Waals surface area contributed by atoms with Crippen molar-refractivity contribution < 1.29 is 4.74 Å². The van der Waals surface area contributed by atoms with Crippen LogP contribution in [0.5, 0.6) is 5.88 Å². The van der Waals surface area contributed by atoms with E-state index < -0.39 is 0 Å². The molecule has 0 aromatic carbocycles. The number of nitrogens with zero attached hydrogens (tertiary/aromatic N) is 4. The molecule has 3 heterocycles. The number of aryl methyl sites for hydroxylation is 2. The highest BCUT2D eigenvalue weighted by molar-refractivity contribution is 5.34. The zero-order chi connectivity index (χ0) is 17.5.